The van der Waals surface area contributed by atoms with E-state index >= 15 is 0 Å². The first kappa shape index (κ1) is 17.4. The van der Waals surface area contributed by atoms with E-state index in [9.17, 15) is 13.6 Å². The number of para-hydroxylation sites is 1. The molecule has 4 nitrogen and oxygen atoms in total. The molecule has 0 saturated heterocycles. The minimum Gasteiger partial charge on any atom is -0.434 e. The Morgan fingerprint density at radius 1 is 1.29 bits per heavy atom. The fourth-order valence-electron chi connectivity index (χ4n) is 1.69. The summed E-state index contributed by atoms with van der Waals surface area (Å²) in [4.78, 5) is 11.9. The van der Waals surface area contributed by atoms with Crippen molar-refractivity contribution in [3.05, 3.63) is 29.8 Å². The number of hydrogen-bond acceptors (Lipinski definition) is 3. The molecule has 118 valence electrons. The van der Waals surface area contributed by atoms with Gasteiger partial charge in [0.05, 0.1) is 6.04 Å². The Bertz CT molecular complexity index is 473. The van der Waals surface area contributed by atoms with Crippen molar-refractivity contribution < 1.29 is 18.3 Å². The highest BCUT2D eigenvalue weighted by molar-refractivity contribution is 5.81. The molecular weight excluding hydrogens is 278 g/mol. The van der Waals surface area contributed by atoms with Crippen LogP contribution in [0.4, 0.5) is 8.78 Å². The van der Waals surface area contributed by atoms with Gasteiger partial charge in [0, 0.05) is 17.6 Å². The Morgan fingerprint density at radius 2 is 1.90 bits per heavy atom. The van der Waals surface area contributed by atoms with Gasteiger partial charge in [-0.1, -0.05) is 18.2 Å². The zero-order valence-electron chi connectivity index (χ0n) is 12.7. The average Bonchev–Trinajstić information content (AvgIpc) is 2.34. The molecule has 0 heterocycles. The van der Waals surface area contributed by atoms with Crippen LogP contribution in [0.1, 0.15) is 33.3 Å². The maximum atomic E-state index is 12.3. The molecule has 1 aromatic carbocycles. The van der Waals surface area contributed by atoms with Crippen molar-refractivity contribution in [3.8, 4) is 5.75 Å². The van der Waals surface area contributed by atoms with Crippen LogP contribution in [0.25, 0.3) is 0 Å². The van der Waals surface area contributed by atoms with E-state index in [2.05, 4.69) is 15.4 Å². The zero-order valence-corrected chi connectivity index (χ0v) is 12.7. The van der Waals surface area contributed by atoms with Crippen molar-refractivity contribution in [2.24, 2.45) is 0 Å². The molecule has 0 fully saturated rings. The minimum atomic E-state index is -2.87. The maximum Gasteiger partial charge on any atom is 0.387 e. The number of rotatable bonds is 6. The number of amides is 1. The molecule has 0 aliphatic heterocycles. The van der Waals surface area contributed by atoms with Gasteiger partial charge in [-0.25, -0.2) is 0 Å². The van der Waals surface area contributed by atoms with Gasteiger partial charge < -0.3 is 15.4 Å². The maximum absolute atomic E-state index is 12.3. The highest BCUT2D eigenvalue weighted by Crippen LogP contribution is 2.20. The predicted octanol–water partition coefficient (Wildman–Crippen LogP) is 2.68. The van der Waals surface area contributed by atoms with Crippen molar-refractivity contribution in [3.63, 3.8) is 0 Å². The molecule has 0 aliphatic carbocycles. The summed E-state index contributed by atoms with van der Waals surface area (Å²) in [6, 6.07) is 6.07. The number of hydrogen-bond donors (Lipinski definition) is 2. The van der Waals surface area contributed by atoms with Crippen molar-refractivity contribution in [1.82, 2.24) is 10.6 Å². The third kappa shape index (κ3) is 6.53. The molecule has 0 aliphatic rings. The van der Waals surface area contributed by atoms with Gasteiger partial charge >= 0.3 is 6.61 Å². The van der Waals surface area contributed by atoms with Gasteiger partial charge in [-0.05, 0) is 33.8 Å². The molecule has 0 bridgehead atoms. The van der Waals surface area contributed by atoms with Crippen LogP contribution in [0.3, 0.4) is 0 Å². The summed E-state index contributed by atoms with van der Waals surface area (Å²) in [6.45, 7) is 4.79. The summed E-state index contributed by atoms with van der Waals surface area (Å²) in [6.07, 6.45) is 0. The van der Waals surface area contributed by atoms with E-state index in [1.165, 1.54) is 6.07 Å². The van der Waals surface area contributed by atoms with Crippen molar-refractivity contribution in [1.29, 1.82) is 0 Å². The van der Waals surface area contributed by atoms with E-state index in [-0.39, 0.29) is 23.7 Å². The Morgan fingerprint density at radius 3 is 2.48 bits per heavy atom. The van der Waals surface area contributed by atoms with Crippen LogP contribution in [0.2, 0.25) is 0 Å². The highest BCUT2D eigenvalue weighted by Gasteiger charge is 2.19. The third-order valence-electron chi connectivity index (χ3n) is 2.68. The van der Waals surface area contributed by atoms with E-state index < -0.39 is 12.7 Å². The molecule has 0 saturated carbocycles. The summed E-state index contributed by atoms with van der Waals surface area (Å²) < 4.78 is 29.1. The lowest BCUT2D eigenvalue weighted by atomic mass is 10.1. The van der Waals surface area contributed by atoms with Crippen LogP contribution in [-0.2, 0) is 11.3 Å². The van der Waals surface area contributed by atoms with E-state index in [1.54, 1.807) is 25.1 Å². The van der Waals surface area contributed by atoms with Crippen molar-refractivity contribution in [2.75, 3.05) is 0 Å². The smallest absolute Gasteiger partial charge is 0.387 e. The fourth-order valence-corrected chi connectivity index (χ4v) is 1.69. The first-order valence-corrected chi connectivity index (χ1v) is 6.77. The lowest BCUT2D eigenvalue weighted by Crippen LogP contribution is -2.49. The summed E-state index contributed by atoms with van der Waals surface area (Å²) in [5.74, 6) is -0.0295. The lowest BCUT2D eigenvalue weighted by molar-refractivity contribution is -0.124. The van der Waals surface area contributed by atoms with Crippen molar-refractivity contribution >= 4 is 5.91 Å². The topological polar surface area (TPSA) is 50.4 Å². The number of carbonyl (C=O) groups excluding carboxylic acids is 1. The number of halogens is 2. The number of carbonyl (C=O) groups is 1. The third-order valence-corrected chi connectivity index (χ3v) is 2.68. The second-order valence-electron chi connectivity index (χ2n) is 5.83. The monoisotopic (exact) mass is 300 g/mol. The SMILES string of the molecule is CC(NCc1ccccc1OC(F)F)C(=O)NC(C)(C)C. The first-order chi connectivity index (χ1) is 9.69. The Balaban J connectivity index is 2.61. The second-order valence-corrected chi connectivity index (χ2v) is 5.83. The molecule has 2 N–H and O–H groups in total. The van der Waals surface area contributed by atoms with Crippen LogP contribution < -0.4 is 15.4 Å². The summed E-state index contributed by atoms with van der Waals surface area (Å²) in [5, 5.41) is 5.85. The van der Waals surface area contributed by atoms with Crippen LogP contribution in [0.5, 0.6) is 5.75 Å². The number of nitrogens with one attached hydrogen (secondary N) is 2. The molecule has 21 heavy (non-hydrogen) atoms. The van der Waals surface area contributed by atoms with Crippen LogP contribution in [0.15, 0.2) is 24.3 Å². The molecule has 1 amide bonds. The van der Waals surface area contributed by atoms with Gasteiger partial charge in [0.1, 0.15) is 5.75 Å². The van der Waals surface area contributed by atoms with E-state index in [1.807, 2.05) is 20.8 Å². The van der Waals surface area contributed by atoms with Gasteiger partial charge in [0.25, 0.3) is 0 Å². The summed E-state index contributed by atoms with van der Waals surface area (Å²) in [7, 11) is 0. The Kier molecular flexibility index (Phi) is 6.08. The van der Waals surface area contributed by atoms with E-state index in [0.717, 1.165) is 0 Å². The normalized spacial score (nSPS) is 13.1. The van der Waals surface area contributed by atoms with Crippen LogP contribution in [-0.4, -0.2) is 24.1 Å². The second kappa shape index (κ2) is 7.36. The number of benzene rings is 1. The predicted molar refractivity (Wildman–Crippen MR) is 77.3 cm³/mol. The molecule has 0 radical (unpaired) electrons. The standard InChI is InChI=1S/C15H22F2N2O2/c1-10(13(20)19-15(2,3)4)18-9-11-7-5-6-8-12(11)21-14(16)17/h5-8,10,14,18H,9H2,1-4H3,(H,19,20). The van der Waals surface area contributed by atoms with Gasteiger partial charge in [-0.3, -0.25) is 4.79 Å². The number of ether oxygens (including phenoxy) is 1. The largest absolute Gasteiger partial charge is 0.434 e. The van der Waals surface area contributed by atoms with Gasteiger partial charge in [-0.15, -0.1) is 0 Å². The summed E-state index contributed by atoms with van der Waals surface area (Å²) in [5.41, 5.74) is 0.261. The first-order valence-electron chi connectivity index (χ1n) is 6.77. The molecule has 1 rings (SSSR count). The minimum absolute atomic E-state index is 0.114. The summed E-state index contributed by atoms with van der Waals surface area (Å²) >= 11 is 0. The fraction of sp³-hybridized carbons (Fsp3) is 0.533. The molecule has 0 spiro atoms. The zero-order chi connectivity index (χ0) is 16.0. The van der Waals surface area contributed by atoms with Gasteiger partial charge in [0.15, 0.2) is 0 Å². The molecule has 1 aromatic rings. The quantitative estimate of drug-likeness (QED) is 0.849. The Hall–Kier alpha value is -1.69. The van der Waals surface area contributed by atoms with Crippen LogP contribution in [0, 0.1) is 0 Å². The van der Waals surface area contributed by atoms with Crippen LogP contribution >= 0.6 is 0 Å². The molecular formula is C15H22F2N2O2. The van der Waals surface area contributed by atoms with E-state index in [4.69, 9.17) is 0 Å². The van der Waals surface area contributed by atoms with Crippen molar-refractivity contribution in [2.45, 2.75) is 52.4 Å². The molecule has 1 unspecified atom stereocenters. The lowest BCUT2D eigenvalue weighted by Gasteiger charge is -2.24. The number of alkyl halides is 2. The molecule has 1 atom stereocenters. The molecule has 0 aromatic heterocycles. The van der Waals surface area contributed by atoms with Gasteiger partial charge in [0.2, 0.25) is 5.91 Å². The van der Waals surface area contributed by atoms with E-state index in [0.29, 0.717) is 5.56 Å². The Labute approximate surface area is 123 Å². The molecule has 6 heteroatoms. The highest BCUT2D eigenvalue weighted by atomic mass is 19.3. The van der Waals surface area contributed by atoms with Gasteiger partial charge in [-0.2, -0.15) is 8.78 Å². The average molecular weight is 300 g/mol.